The Labute approximate surface area is 149 Å². The summed E-state index contributed by atoms with van der Waals surface area (Å²) in [5.74, 6) is 0.842. The van der Waals surface area contributed by atoms with E-state index in [1.54, 1.807) is 7.11 Å². The lowest BCUT2D eigenvalue weighted by Gasteiger charge is -2.07. The van der Waals surface area contributed by atoms with Crippen LogP contribution in [0.4, 0.5) is 0 Å². The SMILES string of the molecule is COCCCC(=O)c1ccc2nn(C[C@@H]3CCNC3)cc2c1C.Cl. The molecule has 6 heteroatoms. The van der Waals surface area contributed by atoms with Crippen molar-refractivity contribution in [2.75, 3.05) is 26.8 Å². The molecule has 0 aliphatic carbocycles. The van der Waals surface area contributed by atoms with Crippen LogP contribution in [0.15, 0.2) is 18.3 Å². The number of aromatic nitrogens is 2. The number of Topliss-reactive ketones (excluding diaryl/α,β-unsaturated/α-hetero) is 1. The summed E-state index contributed by atoms with van der Waals surface area (Å²) in [6.45, 7) is 5.76. The van der Waals surface area contributed by atoms with E-state index in [1.165, 1.54) is 6.42 Å². The van der Waals surface area contributed by atoms with Gasteiger partial charge in [0.05, 0.1) is 5.52 Å². The molecule has 1 aromatic heterocycles. The fourth-order valence-electron chi connectivity index (χ4n) is 3.32. The Morgan fingerprint density at radius 1 is 1.46 bits per heavy atom. The number of hydrogen-bond acceptors (Lipinski definition) is 4. The van der Waals surface area contributed by atoms with Crippen LogP contribution < -0.4 is 5.32 Å². The normalized spacial score (nSPS) is 17.2. The van der Waals surface area contributed by atoms with Crippen molar-refractivity contribution in [2.24, 2.45) is 5.92 Å². The summed E-state index contributed by atoms with van der Waals surface area (Å²) in [6, 6.07) is 3.89. The van der Waals surface area contributed by atoms with Crippen molar-refractivity contribution < 1.29 is 9.53 Å². The highest BCUT2D eigenvalue weighted by Crippen LogP contribution is 2.23. The summed E-state index contributed by atoms with van der Waals surface area (Å²) < 4.78 is 7.06. The van der Waals surface area contributed by atoms with Gasteiger partial charge in [-0.05, 0) is 56.5 Å². The zero-order valence-electron chi connectivity index (χ0n) is 14.4. The molecule has 0 radical (unpaired) electrons. The van der Waals surface area contributed by atoms with Crippen molar-refractivity contribution in [1.29, 1.82) is 0 Å². The van der Waals surface area contributed by atoms with Crippen molar-refractivity contribution in [3.63, 3.8) is 0 Å². The fourth-order valence-corrected chi connectivity index (χ4v) is 3.32. The van der Waals surface area contributed by atoms with Crippen LogP contribution in [0, 0.1) is 12.8 Å². The van der Waals surface area contributed by atoms with Gasteiger partial charge in [0.2, 0.25) is 0 Å². The molecule has 0 saturated carbocycles. The standard InChI is InChI=1S/C18H25N3O2.ClH/c1-13-15(18(22)4-3-9-23-2)5-6-17-16(13)12-21(20-17)11-14-7-8-19-10-14;/h5-6,12,14,19H,3-4,7-11H2,1-2H3;1H/t14-;/m1./s1. The lowest BCUT2D eigenvalue weighted by molar-refractivity contribution is 0.0963. The fraction of sp³-hybridized carbons (Fsp3) is 0.556. The Morgan fingerprint density at radius 3 is 3.00 bits per heavy atom. The molecule has 2 aromatic rings. The van der Waals surface area contributed by atoms with E-state index in [-0.39, 0.29) is 18.2 Å². The third-order valence-corrected chi connectivity index (χ3v) is 4.67. The third kappa shape index (κ3) is 4.15. The first-order valence-corrected chi connectivity index (χ1v) is 8.38. The van der Waals surface area contributed by atoms with Crippen LogP contribution >= 0.6 is 12.4 Å². The quantitative estimate of drug-likeness (QED) is 0.615. The predicted molar refractivity (Wildman–Crippen MR) is 98.1 cm³/mol. The largest absolute Gasteiger partial charge is 0.385 e. The smallest absolute Gasteiger partial charge is 0.163 e. The first kappa shape index (κ1) is 18.9. The Bertz CT molecular complexity index is 693. The van der Waals surface area contributed by atoms with Gasteiger partial charge in [-0.2, -0.15) is 5.10 Å². The third-order valence-electron chi connectivity index (χ3n) is 4.67. The molecule has 1 saturated heterocycles. The first-order valence-electron chi connectivity index (χ1n) is 8.38. The summed E-state index contributed by atoms with van der Waals surface area (Å²) in [5.41, 5.74) is 2.83. The number of aryl methyl sites for hydroxylation is 1. The van der Waals surface area contributed by atoms with Gasteiger partial charge in [0.15, 0.2) is 5.78 Å². The van der Waals surface area contributed by atoms with Gasteiger partial charge in [-0.1, -0.05) is 0 Å². The van der Waals surface area contributed by atoms with Gasteiger partial charge in [-0.3, -0.25) is 9.48 Å². The van der Waals surface area contributed by atoms with E-state index in [0.717, 1.165) is 48.1 Å². The van der Waals surface area contributed by atoms with Crippen LogP contribution in [0.25, 0.3) is 10.9 Å². The highest BCUT2D eigenvalue weighted by molar-refractivity contribution is 6.01. The number of carbonyl (C=O) groups excluding carboxylic acids is 1. The van der Waals surface area contributed by atoms with Crippen molar-refractivity contribution in [1.82, 2.24) is 15.1 Å². The Morgan fingerprint density at radius 2 is 2.29 bits per heavy atom. The number of fused-ring (bicyclic) bond motifs is 1. The second-order valence-corrected chi connectivity index (χ2v) is 6.40. The summed E-state index contributed by atoms with van der Waals surface area (Å²) in [5, 5.41) is 9.15. The average Bonchev–Trinajstić information content (AvgIpc) is 3.18. The van der Waals surface area contributed by atoms with Gasteiger partial charge in [-0.15, -0.1) is 12.4 Å². The van der Waals surface area contributed by atoms with E-state index >= 15 is 0 Å². The molecule has 1 aromatic carbocycles. The van der Waals surface area contributed by atoms with Crippen LogP contribution in [-0.2, 0) is 11.3 Å². The first-order chi connectivity index (χ1) is 11.2. The molecular weight excluding hydrogens is 326 g/mol. The summed E-state index contributed by atoms with van der Waals surface area (Å²) in [4.78, 5) is 12.4. The van der Waals surface area contributed by atoms with Crippen LogP contribution in [0.3, 0.4) is 0 Å². The number of nitrogens with zero attached hydrogens (tertiary/aromatic N) is 2. The maximum absolute atomic E-state index is 12.4. The van der Waals surface area contributed by atoms with Gasteiger partial charge in [-0.25, -0.2) is 0 Å². The van der Waals surface area contributed by atoms with E-state index in [9.17, 15) is 4.79 Å². The molecule has 132 valence electrons. The van der Waals surface area contributed by atoms with Crippen molar-refractivity contribution in [3.8, 4) is 0 Å². The van der Waals surface area contributed by atoms with E-state index in [0.29, 0.717) is 18.9 Å². The van der Waals surface area contributed by atoms with Gasteiger partial charge in [0.25, 0.3) is 0 Å². The minimum atomic E-state index is 0. The maximum atomic E-state index is 12.4. The number of hydrogen-bond donors (Lipinski definition) is 1. The molecule has 3 rings (SSSR count). The van der Waals surface area contributed by atoms with Crippen LogP contribution in [0.1, 0.15) is 35.2 Å². The predicted octanol–water partition coefficient (Wildman–Crippen LogP) is 2.99. The highest BCUT2D eigenvalue weighted by atomic mass is 35.5. The van der Waals surface area contributed by atoms with Gasteiger partial charge < -0.3 is 10.1 Å². The number of nitrogens with one attached hydrogen (secondary N) is 1. The number of benzene rings is 1. The number of ether oxygens (including phenoxy) is 1. The Kier molecular flexibility index (Phi) is 6.78. The minimum absolute atomic E-state index is 0. The van der Waals surface area contributed by atoms with E-state index in [1.807, 2.05) is 23.7 Å². The summed E-state index contributed by atoms with van der Waals surface area (Å²) in [7, 11) is 1.66. The molecule has 1 aliphatic heterocycles. The molecule has 24 heavy (non-hydrogen) atoms. The highest BCUT2D eigenvalue weighted by Gasteiger charge is 2.17. The molecule has 0 unspecified atom stereocenters. The lowest BCUT2D eigenvalue weighted by Crippen LogP contribution is -2.14. The van der Waals surface area contributed by atoms with Crippen molar-refractivity contribution in [2.45, 2.75) is 32.7 Å². The van der Waals surface area contributed by atoms with E-state index < -0.39 is 0 Å². The van der Waals surface area contributed by atoms with E-state index in [4.69, 9.17) is 4.74 Å². The van der Waals surface area contributed by atoms with Crippen LogP contribution in [0.5, 0.6) is 0 Å². The zero-order valence-corrected chi connectivity index (χ0v) is 15.2. The van der Waals surface area contributed by atoms with Crippen molar-refractivity contribution >= 4 is 29.1 Å². The number of carbonyl (C=O) groups is 1. The molecule has 1 fully saturated rings. The second kappa shape index (κ2) is 8.60. The van der Waals surface area contributed by atoms with Gasteiger partial charge in [0, 0.05) is 43.8 Å². The van der Waals surface area contributed by atoms with Crippen molar-refractivity contribution in [3.05, 3.63) is 29.5 Å². The molecule has 1 N–H and O–H groups in total. The zero-order chi connectivity index (χ0) is 16.2. The molecule has 0 amide bonds. The van der Waals surface area contributed by atoms with Crippen LogP contribution in [-0.4, -0.2) is 42.4 Å². The van der Waals surface area contributed by atoms with Gasteiger partial charge >= 0.3 is 0 Å². The molecule has 0 bridgehead atoms. The second-order valence-electron chi connectivity index (χ2n) is 6.40. The summed E-state index contributed by atoms with van der Waals surface area (Å²) >= 11 is 0. The molecule has 5 nitrogen and oxygen atoms in total. The summed E-state index contributed by atoms with van der Waals surface area (Å²) in [6.07, 6.45) is 4.59. The molecule has 1 atom stereocenters. The number of rotatable bonds is 7. The lowest BCUT2D eigenvalue weighted by atomic mass is 9.99. The topological polar surface area (TPSA) is 56.1 Å². The molecule has 2 heterocycles. The molecule has 0 spiro atoms. The average molecular weight is 352 g/mol. The molecular formula is C18H26ClN3O2. The number of methoxy groups -OCH3 is 1. The Hall–Kier alpha value is -1.43. The van der Waals surface area contributed by atoms with Crippen LogP contribution in [0.2, 0.25) is 0 Å². The number of ketones is 1. The Balaban J connectivity index is 0.00000208. The molecule has 1 aliphatic rings. The minimum Gasteiger partial charge on any atom is -0.385 e. The monoisotopic (exact) mass is 351 g/mol. The number of halogens is 1. The maximum Gasteiger partial charge on any atom is 0.163 e. The van der Waals surface area contributed by atoms with Gasteiger partial charge in [0.1, 0.15) is 0 Å². The van der Waals surface area contributed by atoms with E-state index in [2.05, 4.69) is 16.6 Å².